The molecule has 4 atom stereocenters. The number of carbonyl (C=O) groups excluding carboxylic acids is 1. The van der Waals surface area contributed by atoms with Crippen LogP contribution in [0.1, 0.15) is 71.1 Å². The number of nitrogens with zero attached hydrogens (tertiary/aromatic N) is 1. The SMILES string of the molecule is CC(=O)N1C[C@H](O)C[C@H]1COC1CCCC(C2CCCC2)CC1. The van der Waals surface area contributed by atoms with E-state index in [2.05, 4.69) is 0 Å². The van der Waals surface area contributed by atoms with Crippen molar-refractivity contribution in [1.82, 2.24) is 4.90 Å². The second-order valence-electron chi connectivity index (χ2n) is 7.98. The van der Waals surface area contributed by atoms with Crippen LogP contribution in [0.5, 0.6) is 0 Å². The van der Waals surface area contributed by atoms with E-state index in [0.29, 0.717) is 25.7 Å². The third kappa shape index (κ3) is 4.48. The summed E-state index contributed by atoms with van der Waals surface area (Å²) in [4.78, 5) is 13.4. The molecule has 132 valence electrons. The first-order chi connectivity index (χ1) is 11.1. The third-order valence-electron chi connectivity index (χ3n) is 6.35. The number of likely N-dealkylation sites (tertiary alicyclic amines) is 1. The average Bonchev–Trinajstić information content (AvgIpc) is 3.11. The van der Waals surface area contributed by atoms with E-state index in [1.165, 1.54) is 57.8 Å². The zero-order valence-electron chi connectivity index (χ0n) is 14.6. The molecule has 0 spiro atoms. The topological polar surface area (TPSA) is 49.8 Å². The van der Waals surface area contributed by atoms with Crippen LogP contribution in [0.25, 0.3) is 0 Å². The summed E-state index contributed by atoms with van der Waals surface area (Å²) in [5.41, 5.74) is 0. The largest absolute Gasteiger partial charge is 0.391 e. The van der Waals surface area contributed by atoms with Gasteiger partial charge >= 0.3 is 0 Å². The normalized spacial score (nSPS) is 36.3. The summed E-state index contributed by atoms with van der Waals surface area (Å²) >= 11 is 0. The number of amides is 1. The molecule has 1 saturated heterocycles. The molecular formula is C19H33NO3. The van der Waals surface area contributed by atoms with Gasteiger partial charge in [0.25, 0.3) is 0 Å². The Kier molecular flexibility index (Phi) is 5.97. The minimum absolute atomic E-state index is 0.0531. The molecule has 4 nitrogen and oxygen atoms in total. The minimum atomic E-state index is -0.381. The zero-order valence-corrected chi connectivity index (χ0v) is 14.6. The fraction of sp³-hybridized carbons (Fsp3) is 0.947. The first kappa shape index (κ1) is 17.2. The van der Waals surface area contributed by atoms with Crippen molar-refractivity contribution in [2.24, 2.45) is 11.8 Å². The van der Waals surface area contributed by atoms with Gasteiger partial charge in [-0.1, -0.05) is 38.5 Å². The predicted octanol–water partition coefficient (Wildman–Crippen LogP) is 3.12. The van der Waals surface area contributed by atoms with E-state index < -0.39 is 0 Å². The molecule has 2 aliphatic carbocycles. The second kappa shape index (κ2) is 7.98. The fourth-order valence-electron chi connectivity index (χ4n) is 5.05. The third-order valence-corrected chi connectivity index (χ3v) is 6.35. The number of hydrogen-bond donors (Lipinski definition) is 1. The Morgan fingerprint density at radius 3 is 2.48 bits per heavy atom. The van der Waals surface area contributed by atoms with Gasteiger partial charge in [-0.2, -0.15) is 0 Å². The summed E-state index contributed by atoms with van der Waals surface area (Å²) in [6, 6.07) is 0.0661. The zero-order chi connectivity index (χ0) is 16.2. The highest BCUT2D eigenvalue weighted by atomic mass is 16.5. The number of aliphatic hydroxyl groups is 1. The van der Waals surface area contributed by atoms with Crippen LogP contribution >= 0.6 is 0 Å². The van der Waals surface area contributed by atoms with Crippen molar-refractivity contribution in [1.29, 1.82) is 0 Å². The highest BCUT2D eigenvalue weighted by Crippen LogP contribution is 2.39. The summed E-state index contributed by atoms with van der Waals surface area (Å²) < 4.78 is 6.18. The molecule has 4 heteroatoms. The lowest BCUT2D eigenvalue weighted by Crippen LogP contribution is -2.37. The summed E-state index contributed by atoms with van der Waals surface area (Å²) in [6.07, 6.45) is 12.7. The van der Waals surface area contributed by atoms with E-state index in [-0.39, 0.29) is 18.1 Å². The number of β-amino-alcohol motifs (C(OH)–C–C–N with tert-alkyl or cyclic N) is 1. The van der Waals surface area contributed by atoms with E-state index in [9.17, 15) is 9.90 Å². The highest BCUT2D eigenvalue weighted by molar-refractivity contribution is 5.74. The maximum atomic E-state index is 11.7. The van der Waals surface area contributed by atoms with Crippen LogP contribution in [0.4, 0.5) is 0 Å². The number of aliphatic hydroxyl groups excluding tert-OH is 1. The van der Waals surface area contributed by atoms with E-state index in [0.717, 1.165) is 11.8 Å². The molecule has 0 aromatic rings. The summed E-state index contributed by atoms with van der Waals surface area (Å²) in [6.45, 7) is 2.65. The summed E-state index contributed by atoms with van der Waals surface area (Å²) in [7, 11) is 0. The van der Waals surface area contributed by atoms with E-state index in [1.54, 1.807) is 11.8 Å². The van der Waals surface area contributed by atoms with Crippen LogP contribution in [0, 0.1) is 11.8 Å². The molecule has 2 unspecified atom stereocenters. The van der Waals surface area contributed by atoms with Crippen LogP contribution in [0.2, 0.25) is 0 Å². The van der Waals surface area contributed by atoms with Crippen molar-refractivity contribution in [3.8, 4) is 0 Å². The maximum Gasteiger partial charge on any atom is 0.219 e. The highest BCUT2D eigenvalue weighted by Gasteiger charge is 2.34. The van der Waals surface area contributed by atoms with Crippen molar-refractivity contribution < 1.29 is 14.6 Å². The minimum Gasteiger partial charge on any atom is -0.391 e. The van der Waals surface area contributed by atoms with Gasteiger partial charge in [-0.05, 0) is 37.5 Å². The van der Waals surface area contributed by atoms with Gasteiger partial charge in [0, 0.05) is 13.5 Å². The molecule has 1 amide bonds. The maximum absolute atomic E-state index is 11.7. The fourth-order valence-corrected chi connectivity index (χ4v) is 5.05. The van der Waals surface area contributed by atoms with E-state index in [1.807, 2.05) is 0 Å². The molecule has 1 heterocycles. The number of hydrogen-bond acceptors (Lipinski definition) is 3. The number of carbonyl (C=O) groups is 1. The molecule has 2 saturated carbocycles. The molecule has 1 N–H and O–H groups in total. The molecule has 0 aromatic carbocycles. The first-order valence-corrected chi connectivity index (χ1v) is 9.70. The quantitative estimate of drug-likeness (QED) is 0.809. The van der Waals surface area contributed by atoms with Gasteiger partial charge < -0.3 is 14.7 Å². The van der Waals surface area contributed by atoms with Crippen molar-refractivity contribution in [3.63, 3.8) is 0 Å². The molecular weight excluding hydrogens is 290 g/mol. The van der Waals surface area contributed by atoms with Gasteiger partial charge in [-0.3, -0.25) is 4.79 Å². The molecule has 1 aliphatic heterocycles. The molecule has 3 rings (SSSR count). The smallest absolute Gasteiger partial charge is 0.219 e. The van der Waals surface area contributed by atoms with Crippen LogP contribution in [0.3, 0.4) is 0 Å². The molecule has 0 radical (unpaired) electrons. The molecule has 23 heavy (non-hydrogen) atoms. The molecule has 3 fully saturated rings. The monoisotopic (exact) mass is 323 g/mol. The predicted molar refractivity (Wildman–Crippen MR) is 90.1 cm³/mol. The summed E-state index contributed by atoms with van der Waals surface area (Å²) in [5.74, 6) is 1.96. The summed E-state index contributed by atoms with van der Waals surface area (Å²) in [5, 5.41) is 9.81. The Hall–Kier alpha value is -0.610. The molecule has 0 aromatic heterocycles. The lowest BCUT2D eigenvalue weighted by Gasteiger charge is -2.25. The lowest BCUT2D eigenvalue weighted by atomic mass is 9.85. The van der Waals surface area contributed by atoms with Gasteiger partial charge in [0.1, 0.15) is 0 Å². The van der Waals surface area contributed by atoms with Crippen LogP contribution in [-0.4, -0.2) is 47.3 Å². The van der Waals surface area contributed by atoms with Crippen molar-refractivity contribution in [3.05, 3.63) is 0 Å². The van der Waals surface area contributed by atoms with Gasteiger partial charge in [0.2, 0.25) is 5.91 Å². The average molecular weight is 323 g/mol. The lowest BCUT2D eigenvalue weighted by molar-refractivity contribution is -0.131. The second-order valence-corrected chi connectivity index (χ2v) is 7.98. The Morgan fingerprint density at radius 1 is 1.04 bits per heavy atom. The Labute approximate surface area is 140 Å². The van der Waals surface area contributed by atoms with E-state index in [4.69, 9.17) is 4.74 Å². The van der Waals surface area contributed by atoms with Gasteiger partial charge in [0.05, 0.1) is 24.9 Å². The van der Waals surface area contributed by atoms with Gasteiger partial charge in [-0.15, -0.1) is 0 Å². The Bertz CT molecular complexity index is 394. The molecule has 3 aliphatic rings. The van der Waals surface area contributed by atoms with Crippen LogP contribution < -0.4 is 0 Å². The van der Waals surface area contributed by atoms with Gasteiger partial charge in [-0.25, -0.2) is 0 Å². The van der Waals surface area contributed by atoms with Gasteiger partial charge in [0.15, 0.2) is 0 Å². The Balaban J connectivity index is 1.44. The Morgan fingerprint density at radius 2 is 1.74 bits per heavy atom. The van der Waals surface area contributed by atoms with Crippen LogP contribution in [-0.2, 0) is 9.53 Å². The van der Waals surface area contributed by atoms with Crippen LogP contribution in [0.15, 0.2) is 0 Å². The van der Waals surface area contributed by atoms with Crippen molar-refractivity contribution in [2.45, 2.75) is 89.4 Å². The molecule has 0 bridgehead atoms. The van der Waals surface area contributed by atoms with Crippen molar-refractivity contribution >= 4 is 5.91 Å². The standard InChI is InChI=1S/C19H33NO3/c1-14(21)20-12-18(22)11-17(20)13-23-19-8-4-7-16(9-10-19)15-5-2-3-6-15/h15-19,22H,2-13H2,1H3/t16?,17-,18+,19?/m0/s1. The van der Waals surface area contributed by atoms with E-state index >= 15 is 0 Å². The number of rotatable bonds is 4. The first-order valence-electron chi connectivity index (χ1n) is 9.70. The number of ether oxygens (including phenoxy) is 1. The van der Waals surface area contributed by atoms with Crippen molar-refractivity contribution in [2.75, 3.05) is 13.2 Å².